The lowest BCUT2D eigenvalue weighted by molar-refractivity contribution is -0.200. The highest BCUT2D eigenvalue weighted by Crippen LogP contribution is 2.38. The summed E-state index contributed by atoms with van der Waals surface area (Å²) in [6.07, 6.45) is -4.32. The van der Waals surface area contributed by atoms with Crippen molar-refractivity contribution in [2.75, 3.05) is 40.6 Å². The zero-order valence-corrected chi connectivity index (χ0v) is 37.5. The number of aromatic nitrogens is 3. The van der Waals surface area contributed by atoms with E-state index >= 15 is 0 Å². The van der Waals surface area contributed by atoms with Crippen LogP contribution in [0.1, 0.15) is 54.4 Å². The Hall–Kier alpha value is -7.39. The van der Waals surface area contributed by atoms with Crippen LogP contribution < -0.4 is 9.47 Å². The van der Waals surface area contributed by atoms with Gasteiger partial charge in [0.1, 0.15) is 35.8 Å². The molecule has 21 heteroatoms. The maximum atomic E-state index is 13.6. The van der Waals surface area contributed by atoms with E-state index in [4.69, 9.17) is 47.4 Å². The second-order valence-corrected chi connectivity index (χ2v) is 13.7. The minimum atomic E-state index is -2.76. The second kappa shape index (κ2) is 23.5. The zero-order valence-electron chi connectivity index (χ0n) is 37.5. The molecule has 0 radical (unpaired) electrons. The molecule has 2 N–H and O–H groups in total. The minimum absolute atomic E-state index is 0.0349. The van der Waals surface area contributed by atoms with Crippen LogP contribution in [0.15, 0.2) is 66.7 Å². The van der Waals surface area contributed by atoms with Gasteiger partial charge < -0.3 is 57.6 Å². The number of esters is 6. The average Bonchev–Trinajstić information content (AvgIpc) is 3.28. The van der Waals surface area contributed by atoms with Crippen molar-refractivity contribution in [1.82, 2.24) is 15.0 Å². The zero-order chi connectivity index (χ0) is 48.6. The molecule has 4 atom stereocenters. The lowest BCUT2D eigenvalue weighted by atomic mass is 9.99. The van der Waals surface area contributed by atoms with E-state index in [1.807, 2.05) is 0 Å². The highest BCUT2D eigenvalue weighted by molar-refractivity contribution is 6.08. The predicted octanol–water partition coefficient (Wildman–Crippen LogP) is 4.62. The molecule has 1 aromatic heterocycles. The van der Waals surface area contributed by atoms with Gasteiger partial charge in [-0.1, -0.05) is 30.3 Å². The summed E-state index contributed by atoms with van der Waals surface area (Å²) in [4.78, 5) is 93.4. The number of nitrogens with zero attached hydrogens (tertiary/aromatic N) is 3. The van der Waals surface area contributed by atoms with Crippen LogP contribution in [0.25, 0.3) is 34.2 Å². The van der Waals surface area contributed by atoms with Gasteiger partial charge in [-0.15, -0.1) is 0 Å². The van der Waals surface area contributed by atoms with Crippen LogP contribution >= 0.6 is 0 Å². The van der Waals surface area contributed by atoms with Crippen LogP contribution in [-0.4, -0.2) is 125 Å². The summed E-state index contributed by atoms with van der Waals surface area (Å²) in [7, 11) is 2.49. The van der Waals surface area contributed by atoms with E-state index in [2.05, 4.69) is 15.0 Å². The van der Waals surface area contributed by atoms with Crippen LogP contribution in [-0.2, 0) is 66.7 Å². The summed E-state index contributed by atoms with van der Waals surface area (Å²) < 4.78 is 52.7. The van der Waals surface area contributed by atoms with Gasteiger partial charge in [-0.05, 0) is 65.8 Å². The number of phenolic OH excluding ortho intramolecular Hbond substituents is 2. The first kappa shape index (κ1) is 51.2. The Labute approximate surface area is 379 Å². The molecule has 4 unspecified atom stereocenters. The van der Waals surface area contributed by atoms with Crippen molar-refractivity contribution in [3.8, 4) is 57.2 Å². The van der Waals surface area contributed by atoms with E-state index in [0.29, 0.717) is 5.56 Å². The number of carbonyl (C=O) groups is 6. The first-order chi connectivity index (χ1) is 31.5. The summed E-state index contributed by atoms with van der Waals surface area (Å²) in [6.45, 7) is 8.10. The Kier molecular flexibility index (Phi) is 18.3. The molecule has 0 saturated carbocycles. The molecule has 66 heavy (non-hydrogen) atoms. The summed E-state index contributed by atoms with van der Waals surface area (Å²) in [6, 6.07) is 15.7. The highest BCUT2D eigenvalue weighted by atomic mass is 16.7. The largest absolute Gasteiger partial charge is 0.507 e. The maximum Gasteiger partial charge on any atom is 0.365 e. The van der Waals surface area contributed by atoms with E-state index in [1.54, 1.807) is 30.3 Å². The number of rotatable bonds is 23. The number of phenols is 2. The van der Waals surface area contributed by atoms with Gasteiger partial charge in [-0.3, -0.25) is 9.59 Å². The van der Waals surface area contributed by atoms with Crippen LogP contribution in [0, 0.1) is 0 Å². The molecule has 0 bridgehead atoms. The number of ether oxygens (including phenoxy) is 10. The molecule has 1 heterocycles. The fraction of sp³-hybridized carbons (Fsp3) is 0.400. The summed E-state index contributed by atoms with van der Waals surface area (Å²) in [5, 5.41) is 23.0. The number of carbonyl (C=O) groups excluding carboxylic acids is 6. The van der Waals surface area contributed by atoms with Crippen LogP contribution in [0.3, 0.4) is 0 Å². The molecule has 4 aromatic rings. The van der Waals surface area contributed by atoms with E-state index < -0.39 is 83.9 Å². The monoisotopic (exact) mass is 921 g/mol. The standard InChI is InChI=1S/C45H51N3O18/c1-9-59-35(51)24-44(40(53)61-11-3,42(55)63-26(5)57-7)65-29-18-20-31(33(49)22-29)38-46-37(28-16-14-13-15-17-28)47-39(48-38)32-21-19-30(23-34(32)50)66-45(41(54)62-12-4,25-36(52)60-10-2)43(56)64-27(6)58-8/h13-23,26-27,49-50H,9-12,24-25H2,1-8H3. The molecule has 0 aliphatic carbocycles. The summed E-state index contributed by atoms with van der Waals surface area (Å²) in [5.41, 5.74) is -5.09. The highest BCUT2D eigenvalue weighted by Gasteiger charge is 2.56. The normalized spacial score (nSPS) is 13.6. The first-order valence-electron chi connectivity index (χ1n) is 20.5. The fourth-order valence-corrected chi connectivity index (χ4v) is 5.87. The lowest BCUT2D eigenvalue weighted by Gasteiger charge is -2.30. The maximum absolute atomic E-state index is 13.6. The van der Waals surface area contributed by atoms with E-state index in [0.717, 1.165) is 12.1 Å². The Morgan fingerprint density at radius 3 is 1.26 bits per heavy atom. The van der Waals surface area contributed by atoms with Gasteiger partial charge in [-0.2, -0.15) is 0 Å². The summed E-state index contributed by atoms with van der Waals surface area (Å²) >= 11 is 0. The van der Waals surface area contributed by atoms with Gasteiger partial charge in [0.25, 0.3) is 0 Å². The van der Waals surface area contributed by atoms with Gasteiger partial charge in [0, 0.05) is 31.9 Å². The number of methoxy groups -OCH3 is 2. The fourth-order valence-electron chi connectivity index (χ4n) is 5.87. The Bertz CT molecular complexity index is 2220. The van der Waals surface area contributed by atoms with E-state index in [9.17, 15) is 39.0 Å². The van der Waals surface area contributed by atoms with Gasteiger partial charge in [0.05, 0.1) is 37.6 Å². The molecule has 0 aliphatic rings. The molecule has 21 nitrogen and oxygen atoms in total. The van der Waals surface area contributed by atoms with Gasteiger partial charge in [0.15, 0.2) is 30.1 Å². The van der Waals surface area contributed by atoms with E-state index in [-0.39, 0.29) is 66.5 Å². The topological polar surface area (TPSA) is 274 Å². The quantitative estimate of drug-likeness (QED) is 0.0444. The van der Waals surface area contributed by atoms with Crippen molar-refractivity contribution in [2.24, 2.45) is 0 Å². The Morgan fingerprint density at radius 1 is 0.530 bits per heavy atom. The summed E-state index contributed by atoms with van der Waals surface area (Å²) in [5.74, 6) is -9.18. The molecular formula is C45H51N3O18. The van der Waals surface area contributed by atoms with Crippen molar-refractivity contribution >= 4 is 35.8 Å². The van der Waals surface area contributed by atoms with Crippen LogP contribution in [0.4, 0.5) is 0 Å². The third kappa shape index (κ3) is 12.4. The van der Waals surface area contributed by atoms with Crippen LogP contribution in [0.2, 0.25) is 0 Å². The third-order valence-corrected chi connectivity index (χ3v) is 9.15. The van der Waals surface area contributed by atoms with Crippen molar-refractivity contribution in [1.29, 1.82) is 0 Å². The van der Waals surface area contributed by atoms with Crippen molar-refractivity contribution < 1.29 is 86.3 Å². The predicted molar refractivity (Wildman–Crippen MR) is 227 cm³/mol. The van der Waals surface area contributed by atoms with Gasteiger partial charge in [0.2, 0.25) is 0 Å². The molecule has 0 aliphatic heterocycles. The molecule has 0 amide bonds. The van der Waals surface area contributed by atoms with Gasteiger partial charge in [-0.25, -0.2) is 34.1 Å². The smallest absolute Gasteiger partial charge is 0.365 e. The first-order valence-corrected chi connectivity index (χ1v) is 20.5. The average molecular weight is 922 g/mol. The SMILES string of the molecule is CCOC(=O)CC(Oc1ccc(-c2nc(-c3ccccc3)nc(-c3ccc(OC(CC(=O)OCC)(C(=O)OCC)C(=O)OC(C)OC)cc3O)n2)c(O)c1)(C(=O)OCC)C(=O)OC(C)OC. The molecule has 0 saturated heterocycles. The molecular weight excluding hydrogens is 870 g/mol. The Balaban J connectivity index is 1.85. The van der Waals surface area contributed by atoms with Gasteiger partial charge >= 0.3 is 47.0 Å². The molecule has 4 rings (SSSR count). The molecule has 354 valence electrons. The number of aromatic hydroxyl groups is 2. The van der Waals surface area contributed by atoms with Crippen LogP contribution in [0.5, 0.6) is 23.0 Å². The molecule has 0 fully saturated rings. The van der Waals surface area contributed by atoms with Crippen molar-refractivity contribution in [3.05, 3.63) is 66.7 Å². The minimum Gasteiger partial charge on any atom is -0.507 e. The lowest BCUT2D eigenvalue weighted by Crippen LogP contribution is -2.56. The van der Waals surface area contributed by atoms with Crippen molar-refractivity contribution in [2.45, 2.75) is 78.2 Å². The second-order valence-electron chi connectivity index (χ2n) is 13.7. The Morgan fingerprint density at radius 2 is 0.909 bits per heavy atom. The number of benzene rings is 3. The third-order valence-electron chi connectivity index (χ3n) is 9.15. The number of hydrogen-bond acceptors (Lipinski definition) is 21. The van der Waals surface area contributed by atoms with Crippen molar-refractivity contribution in [3.63, 3.8) is 0 Å². The van der Waals surface area contributed by atoms with E-state index in [1.165, 1.54) is 80.0 Å². The molecule has 0 spiro atoms. The number of hydrogen-bond donors (Lipinski definition) is 2. The molecule has 3 aromatic carbocycles.